The van der Waals surface area contributed by atoms with E-state index in [1.165, 1.54) is 6.07 Å². The molecule has 0 saturated carbocycles. The minimum absolute atomic E-state index is 0.0476. The third-order valence-electron chi connectivity index (χ3n) is 3.54. The lowest BCUT2D eigenvalue weighted by molar-refractivity contribution is -0.146. The van der Waals surface area contributed by atoms with E-state index in [2.05, 4.69) is 20.6 Å². The summed E-state index contributed by atoms with van der Waals surface area (Å²) < 4.78 is 39.3. The second-order valence-electron chi connectivity index (χ2n) is 5.23. The number of benzene rings is 1. The van der Waals surface area contributed by atoms with Gasteiger partial charge in [-0.2, -0.15) is 17.7 Å². The molecule has 0 aliphatic carbocycles. The van der Waals surface area contributed by atoms with Crippen LogP contribution in [0.1, 0.15) is 29.9 Å². The molecule has 2 aromatic heterocycles. The summed E-state index contributed by atoms with van der Waals surface area (Å²) in [6, 6.07) is 10.7. The molecule has 3 rings (SSSR count). The molecule has 0 bridgehead atoms. The van der Waals surface area contributed by atoms with Crippen molar-refractivity contribution < 1.29 is 13.2 Å². The van der Waals surface area contributed by atoms with Crippen LogP contribution in [0.2, 0.25) is 0 Å². The first-order chi connectivity index (χ1) is 10.9. The van der Waals surface area contributed by atoms with E-state index in [4.69, 9.17) is 0 Å². The SMILES string of the molecule is Cc1ccccc1C(C)Nc1ccc2nnc(C(F)(F)F)n2n1. The highest BCUT2D eigenvalue weighted by Crippen LogP contribution is 2.28. The number of fused-ring (bicyclic) bond motifs is 1. The molecule has 23 heavy (non-hydrogen) atoms. The molecule has 5 nitrogen and oxygen atoms in total. The lowest BCUT2D eigenvalue weighted by Gasteiger charge is -2.17. The molecular formula is C15H14F3N5. The fourth-order valence-corrected chi connectivity index (χ4v) is 2.41. The summed E-state index contributed by atoms with van der Waals surface area (Å²) in [6.07, 6.45) is -4.60. The Morgan fingerprint density at radius 1 is 1.09 bits per heavy atom. The number of hydrogen-bond acceptors (Lipinski definition) is 4. The van der Waals surface area contributed by atoms with Crippen LogP contribution in [0.3, 0.4) is 0 Å². The number of nitrogens with zero attached hydrogens (tertiary/aromatic N) is 4. The van der Waals surface area contributed by atoms with Gasteiger partial charge in [0.25, 0.3) is 5.82 Å². The van der Waals surface area contributed by atoms with Crippen molar-refractivity contribution in [3.63, 3.8) is 0 Å². The highest BCUT2D eigenvalue weighted by atomic mass is 19.4. The van der Waals surface area contributed by atoms with Crippen LogP contribution in [0, 0.1) is 6.92 Å². The van der Waals surface area contributed by atoms with Crippen LogP contribution in [0.25, 0.3) is 5.65 Å². The molecule has 0 fully saturated rings. The van der Waals surface area contributed by atoms with Gasteiger partial charge in [-0.15, -0.1) is 15.3 Å². The van der Waals surface area contributed by atoms with Crippen LogP contribution >= 0.6 is 0 Å². The zero-order chi connectivity index (χ0) is 16.6. The van der Waals surface area contributed by atoms with E-state index in [0.29, 0.717) is 10.3 Å². The maximum Gasteiger partial charge on any atom is 0.453 e. The number of rotatable bonds is 3. The van der Waals surface area contributed by atoms with Crippen molar-refractivity contribution in [1.82, 2.24) is 19.8 Å². The van der Waals surface area contributed by atoms with Crippen molar-refractivity contribution in [2.75, 3.05) is 5.32 Å². The van der Waals surface area contributed by atoms with Crippen molar-refractivity contribution >= 4 is 11.5 Å². The van der Waals surface area contributed by atoms with E-state index in [1.54, 1.807) is 6.07 Å². The van der Waals surface area contributed by atoms with Crippen molar-refractivity contribution in [1.29, 1.82) is 0 Å². The van der Waals surface area contributed by atoms with Gasteiger partial charge in [0.15, 0.2) is 5.65 Å². The summed E-state index contributed by atoms with van der Waals surface area (Å²) in [5, 5.41) is 13.7. The van der Waals surface area contributed by atoms with Gasteiger partial charge in [-0.25, -0.2) is 0 Å². The van der Waals surface area contributed by atoms with Gasteiger partial charge < -0.3 is 5.32 Å². The largest absolute Gasteiger partial charge is 0.453 e. The number of nitrogens with one attached hydrogen (secondary N) is 1. The number of halogens is 3. The zero-order valence-electron chi connectivity index (χ0n) is 12.5. The Labute approximate surface area is 130 Å². The fraction of sp³-hybridized carbons (Fsp3) is 0.267. The Balaban J connectivity index is 1.93. The first-order valence-electron chi connectivity index (χ1n) is 6.98. The molecule has 0 saturated heterocycles. The zero-order valence-corrected chi connectivity index (χ0v) is 12.5. The Kier molecular flexibility index (Phi) is 3.67. The van der Waals surface area contributed by atoms with E-state index >= 15 is 0 Å². The summed E-state index contributed by atoms with van der Waals surface area (Å²) in [5.74, 6) is -0.821. The quantitative estimate of drug-likeness (QED) is 0.800. The van der Waals surface area contributed by atoms with Crippen LogP contribution in [0.4, 0.5) is 19.0 Å². The second-order valence-corrected chi connectivity index (χ2v) is 5.23. The Hall–Kier alpha value is -2.64. The minimum atomic E-state index is -4.60. The van der Waals surface area contributed by atoms with Gasteiger partial charge in [0.05, 0.1) is 6.04 Å². The average Bonchev–Trinajstić information content (AvgIpc) is 2.90. The number of aryl methyl sites for hydroxylation is 1. The minimum Gasteiger partial charge on any atom is -0.362 e. The van der Waals surface area contributed by atoms with Crippen molar-refractivity contribution in [2.45, 2.75) is 26.1 Å². The molecule has 3 aromatic rings. The molecule has 1 unspecified atom stereocenters. The predicted octanol–water partition coefficient (Wildman–Crippen LogP) is 3.62. The van der Waals surface area contributed by atoms with Gasteiger partial charge in [0.2, 0.25) is 0 Å². The highest BCUT2D eigenvalue weighted by molar-refractivity contribution is 5.46. The molecule has 0 spiro atoms. The summed E-state index contributed by atoms with van der Waals surface area (Å²) in [4.78, 5) is 0. The topological polar surface area (TPSA) is 55.1 Å². The Morgan fingerprint density at radius 3 is 2.52 bits per heavy atom. The van der Waals surface area contributed by atoms with Crippen molar-refractivity contribution in [3.8, 4) is 0 Å². The average molecular weight is 321 g/mol. The van der Waals surface area contributed by atoms with Crippen LogP contribution in [0.15, 0.2) is 36.4 Å². The van der Waals surface area contributed by atoms with Crippen LogP contribution in [-0.2, 0) is 6.18 Å². The van der Waals surface area contributed by atoms with Gasteiger partial charge in [-0.3, -0.25) is 0 Å². The lowest BCUT2D eigenvalue weighted by Crippen LogP contribution is -2.15. The third kappa shape index (κ3) is 2.96. The van der Waals surface area contributed by atoms with Gasteiger partial charge in [0.1, 0.15) is 5.82 Å². The number of alkyl halides is 3. The van der Waals surface area contributed by atoms with Crippen LogP contribution in [-0.4, -0.2) is 19.8 Å². The van der Waals surface area contributed by atoms with E-state index in [-0.39, 0.29) is 11.7 Å². The van der Waals surface area contributed by atoms with E-state index < -0.39 is 12.0 Å². The second kappa shape index (κ2) is 5.53. The smallest absolute Gasteiger partial charge is 0.362 e. The molecule has 1 aromatic carbocycles. The fourth-order valence-electron chi connectivity index (χ4n) is 2.41. The summed E-state index contributed by atoms with van der Waals surface area (Å²) in [5.41, 5.74) is 2.19. The van der Waals surface area contributed by atoms with E-state index in [0.717, 1.165) is 11.1 Å². The molecule has 2 heterocycles. The van der Waals surface area contributed by atoms with E-state index in [9.17, 15) is 13.2 Å². The number of aromatic nitrogens is 4. The molecule has 8 heteroatoms. The van der Waals surface area contributed by atoms with E-state index in [1.807, 2.05) is 38.1 Å². The molecule has 0 aliphatic heterocycles. The van der Waals surface area contributed by atoms with Crippen molar-refractivity contribution in [2.24, 2.45) is 0 Å². The maximum atomic E-state index is 12.9. The van der Waals surface area contributed by atoms with Crippen LogP contribution < -0.4 is 5.32 Å². The molecule has 1 N–H and O–H groups in total. The number of hydrogen-bond donors (Lipinski definition) is 1. The summed E-state index contributed by atoms with van der Waals surface area (Å²) in [7, 11) is 0. The first-order valence-corrected chi connectivity index (χ1v) is 6.98. The first kappa shape index (κ1) is 15.3. The predicted molar refractivity (Wildman–Crippen MR) is 79.0 cm³/mol. The Bertz CT molecular complexity index is 840. The molecule has 0 aliphatic rings. The standard InChI is InChI=1S/C15H14F3N5/c1-9-5-3-4-6-11(9)10(2)19-12-7-8-13-20-21-14(15(16,17)18)23(13)22-12/h3-8,10H,1-2H3,(H,19,22). The monoisotopic (exact) mass is 321 g/mol. The normalized spacial score (nSPS) is 13.3. The maximum absolute atomic E-state index is 12.9. The highest BCUT2D eigenvalue weighted by Gasteiger charge is 2.37. The van der Waals surface area contributed by atoms with Gasteiger partial charge >= 0.3 is 6.18 Å². The molecule has 0 amide bonds. The third-order valence-corrected chi connectivity index (χ3v) is 3.54. The molecule has 120 valence electrons. The molecule has 0 radical (unpaired) electrons. The number of anilines is 1. The Morgan fingerprint density at radius 2 is 1.83 bits per heavy atom. The van der Waals surface area contributed by atoms with Crippen LogP contribution in [0.5, 0.6) is 0 Å². The van der Waals surface area contributed by atoms with Gasteiger partial charge in [-0.05, 0) is 37.1 Å². The lowest BCUT2D eigenvalue weighted by atomic mass is 10.0. The van der Waals surface area contributed by atoms with Gasteiger partial charge in [0, 0.05) is 0 Å². The summed E-state index contributed by atoms with van der Waals surface area (Å²) in [6.45, 7) is 3.90. The molecule has 1 atom stereocenters. The summed E-state index contributed by atoms with van der Waals surface area (Å²) >= 11 is 0. The van der Waals surface area contributed by atoms with Crippen molar-refractivity contribution in [3.05, 3.63) is 53.3 Å². The van der Waals surface area contributed by atoms with Gasteiger partial charge in [-0.1, -0.05) is 24.3 Å². The molecular weight excluding hydrogens is 307 g/mol.